The van der Waals surface area contributed by atoms with E-state index in [2.05, 4.69) is 26.1 Å². The molecule has 1 heterocycles. The van der Waals surface area contributed by atoms with Crippen LogP contribution in [0, 0.1) is 0 Å². The highest BCUT2D eigenvalue weighted by atomic mass is 79.9. The Kier molecular flexibility index (Phi) is 4.11. The molecule has 0 atom stereocenters. The minimum atomic E-state index is -1.03. The number of rotatable bonds is 4. The second kappa shape index (κ2) is 5.62. The summed E-state index contributed by atoms with van der Waals surface area (Å²) < 4.78 is 1.93. The Morgan fingerprint density at radius 1 is 1.58 bits per heavy atom. The van der Waals surface area contributed by atoms with Gasteiger partial charge >= 0.3 is 11.7 Å². The van der Waals surface area contributed by atoms with Crippen LogP contribution in [0.25, 0.3) is 0 Å². The molecule has 0 bridgehead atoms. The van der Waals surface area contributed by atoms with E-state index in [1.165, 1.54) is 4.57 Å². The molecule has 0 aliphatic heterocycles. The molecule has 0 amide bonds. The van der Waals surface area contributed by atoms with Crippen molar-refractivity contribution in [2.75, 3.05) is 0 Å². The van der Waals surface area contributed by atoms with Crippen molar-refractivity contribution < 1.29 is 9.90 Å². The van der Waals surface area contributed by atoms with E-state index >= 15 is 0 Å². The molecule has 2 aromatic rings. The highest BCUT2D eigenvalue weighted by molar-refractivity contribution is 9.10. The molecule has 100 valence electrons. The van der Waals surface area contributed by atoms with Crippen LogP contribution in [0.5, 0.6) is 0 Å². The second-order valence-corrected chi connectivity index (χ2v) is 5.44. The van der Waals surface area contributed by atoms with Crippen LogP contribution in [0.1, 0.15) is 17.3 Å². The maximum absolute atomic E-state index is 11.5. The molecule has 6 nitrogen and oxygen atoms in total. The average Bonchev–Trinajstić information content (AvgIpc) is 2.69. The highest BCUT2D eigenvalue weighted by Gasteiger charge is 2.17. The number of hydrogen-bond acceptors (Lipinski definition) is 4. The van der Waals surface area contributed by atoms with Gasteiger partial charge in [-0.3, -0.25) is 4.57 Å². The largest absolute Gasteiger partial charge is 0.478 e. The Labute approximate surface area is 121 Å². The van der Waals surface area contributed by atoms with E-state index in [9.17, 15) is 14.7 Å². The van der Waals surface area contributed by atoms with Gasteiger partial charge in [-0.05, 0) is 46.7 Å². The number of carbonyl (C=O) groups is 1. The summed E-state index contributed by atoms with van der Waals surface area (Å²) in [7, 11) is 0. The van der Waals surface area contributed by atoms with Crippen LogP contribution in [0.3, 0.4) is 0 Å². The molecular weight excluding hydrogens is 334 g/mol. The van der Waals surface area contributed by atoms with Gasteiger partial charge in [0.05, 0.1) is 5.56 Å². The Morgan fingerprint density at radius 3 is 2.95 bits per heavy atom. The lowest BCUT2D eigenvalue weighted by atomic mass is 10.2. The number of carboxylic acid groups (broad SMARTS) is 1. The van der Waals surface area contributed by atoms with Gasteiger partial charge in [0, 0.05) is 15.9 Å². The summed E-state index contributed by atoms with van der Waals surface area (Å²) in [6.45, 7) is 2.29. The average molecular weight is 344 g/mol. The Hall–Kier alpha value is -1.54. The van der Waals surface area contributed by atoms with E-state index in [4.69, 9.17) is 0 Å². The van der Waals surface area contributed by atoms with Gasteiger partial charge in [-0.1, -0.05) is 6.07 Å². The van der Waals surface area contributed by atoms with E-state index in [-0.39, 0.29) is 11.3 Å². The van der Waals surface area contributed by atoms with Crippen LogP contribution in [-0.4, -0.2) is 25.8 Å². The molecule has 0 fully saturated rings. The van der Waals surface area contributed by atoms with Crippen LogP contribution >= 0.6 is 27.7 Å². The summed E-state index contributed by atoms with van der Waals surface area (Å²) in [4.78, 5) is 23.2. The first-order valence-corrected chi connectivity index (χ1v) is 7.00. The first-order chi connectivity index (χ1) is 9.04. The molecular formula is C11H10BrN3O3S. The van der Waals surface area contributed by atoms with E-state index in [1.807, 2.05) is 6.92 Å². The van der Waals surface area contributed by atoms with Crippen molar-refractivity contribution in [2.45, 2.75) is 23.5 Å². The van der Waals surface area contributed by atoms with Gasteiger partial charge in [-0.15, -0.1) is 5.10 Å². The van der Waals surface area contributed by atoms with Gasteiger partial charge in [0.2, 0.25) is 0 Å². The van der Waals surface area contributed by atoms with Gasteiger partial charge < -0.3 is 5.11 Å². The summed E-state index contributed by atoms with van der Waals surface area (Å²) in [6.07, 6.45) is 0. The lowest BCUT2D eigenvalue weighted by Crippen LogP contribution is -2.16. The summed E-state index contributed by atoms with van der Waals surface area (Å²) in [5, 5.41) is 15.9. The number of nitrogens with zero attached hydrogens (tertiary/aromatic N) is 2. The molecule has 1 aromatic carbocycles. The van der Waals surface area contributed by atoms with Gasteiger partial charge in [-0.25, -0.2) is 14.7 Å². The molecule has 0 aliphatic rings. The number of aromatic amines is 1. The predicted octanol–water partition coefficient (Wildman–Crippen LogP) is 2.20. The maximum atomic E-state index is 11.5. The number of carboxylic acids is 1. The topological polar surface area (TPSA) is 88.0 Å². The highest BCUT2D eigenvalue weighted by Crippen LogP contribution is 2.32. The van der Waals surface area contributed by atoms with Crippen molar-refractivity contribution in [1.29, 1.82) is 0 Å². The van der Waals surface area contributed by atoms with Gasteiger partial charge in [-0.2, -0.15) is 0 Å². The lowest BCUT2D eigenvalue weighted by molar-refractivity contribution is 0.0692. The second-order valence-electron chi connectivity index (χ2n) is 3.58. The fraction of sp³-hybridized carbons (Fsp3) is 0.182. The number of halogens is 1. The van der Waals surface area contributed by atoms with Crippen LogP contribution < -0.4 is 5.69 Å². The van der Waals surface area contributed by atoms with Crippen molar-refractivity contribution in [3.8, 4) is 0 Å². The zero-order valence-corrected chi connectivity index (χ0v) is 12.3. The third-order valence-electron chi connectivity index (χ3n) is 2.43. The minimum Gasteiger partial charge on any atom is -0.478 e. The Bertz CT molecular complexity index is 680. The molecule has 0 aliphatic carbocycles. The zero-order valence-electron chi connectivity index (χ0n) is 9.88. The van der Waals surface area contributed by atoms with E-state index < -0.39 is 5.97 Å². The molecule has 1 aromatic heterocycles. The van der Waals surface area contributed by atoms with Gasteiger partial charge in [0.25, 0.3) is 0 Å². The predicted molar refractivity (Wildman–Crippen MR) is 73.7 cm³/mol. The minimum absolute atomic E-state index is 0.158. The van der Waals surface area contributed by atoms with Crippen LogP contribution in [-0.2, 0) is 6.54 Å². The summed E-state index contributed by atoms with van der Waals surface area (Å²) in [5.41, 5.74) is -0.150. The fourth-order valence-electron chi connectivity index (χ4n) is 1.56. The number of aromatic carboxylic acids is 1. The van der Waals surface area contributed by atoms with Crippen LogP contribution in [0.4, 0.5) is 0 Å². The van der Waals surface area contributed by atoms with Crippen molar-refractivity contribution in [3.05, 3.63) is 38.7 Å². The summed E-state index contributed by atoms with van der Waals surface area (Å²) in [6, 6.07) is 5.07. The zero-order chi connectivity index (χ0) is 14.0. The van der Waals surface area contributed by atoms with Gasteiger partial charge in [0.1, 0.15) is 0 Å². The molecule has 2 N–H and O–H groups in total. The normalized spacial score (nSPS) is 10.6. The van der Waals surface area contributed by atoms with E-state index in [0.717, 1.165) is 11.8 Å². The van der Waals surface area contributed by atoms with Crippen molar-refractivity contribution >= 4 is 33.7 Å². The summed E-state index contributed by atoms with van der Waals surface area (Å²) in [5.74, 6) is -1.03. The molecule has 0 unspecified atom stereocenters. The maximum Gasteiger partial charge on any atom is 0.343 e. The smallest absolute Gasteiger partial charge is 0.343 e. The lowest BCUT2D eigenvalue weighted by Gasteiger charge is -2.07. The van der Waals surface area contributed by atoms with Crippen molar-refractivity contribution in [2.24, 2.45) is 0 Å². The quantitative estimate of drug-likeness (QED) is 0.888. The third-order valence-corrected chi connectivity index (χ3v) is 4.15. The molecule has 0 saturated carbocycles. The van der Waals surface area contributed by atoms with Crippen LogP contribution in [0.2, 0.25) is 0 Å². The molecule has 19 heavy (non-hydrogen) atoms. The molecule has 2 rings (SSSR count). The van der Waals surface area contributed by atoms with Gasteiger partial charge in [0.15, 0.2) is 5.16 Å². The number of aromatic nitrogens is 3. The first-order valence-electron chi connectivity index (χ1n) is 5.39. The Morgan fingerprint density at radius 2 is 2.32 bits per heavy atom. The SMILES string of the molecule is CCn1c(Sc2cccc(Br)c2C(=O)O)n[nH]c1=O. The van der Waals surface area contributed by atoms with Crippen LogP contribution in [0.15, 0.2) is 37.5 Å². The van der Waals surface area contributed by atoms with E-state index in [0.29, 0.717) is 21.1 Å². The number of benzene rings is 1. The number of nitrogens with one attached hydrogen (secondary N) is 1. The molecule has 0 saturated heterocycles. The monoisotopic (exact) mass is 343 g/mol. The third kappa shape index (κ3) is 2.74. The van der Waals surface area contributed by atoms with E-state index in [1.54, 1.807) is 18.2 Å². The molecule has 8 heteroatoms. The number of H-pyrrole nitrogens is 1. The molecule has 0 radical (unpaired) electrons. The first kappa shape index (κ1) is 13.9. The number of hydrogen-bond donors (Lipinski definition) is 2. The van der Waals surface area contributed by atoms with Crippen molar-refractivity contribution in [3.63, 3.8) is 0 Å². The fourth-order valence-corrected chi connectivity index (χ4v) is 3.28. The Balaban J connectivity index is 2.47. The standard InChI is InChI=1S/C11H10BrN3O3S/c1-2-15-10(18)13-14-11(15)19-7-5-3-4-6(12)8(7)9(16)17/h3-5H,2H2,1H3,(H,13,18)(H,16,17). The molecule has 0 spiro atoms. The summed E-state index contributed by atoms with van der Waals surface area (Å²) >= 11 is 4.35. The van der Waals surface area contributed by atoms with Crippen molar-refractivity contribution in [1.82, 2.24) is 14.8 Å².